The van der Waals surface area contributed by atoms with E-state index < -0.39 is 0 Å². The van der Waals surface area contributed by atoms with Gasteiger partial charge in [-0.05, 0) is 12.3 Å². The van der Waals surface area contributed by atoms with Gasteiger partial charge in [0.25, 0.3) is 0 Å². The topological polar surface area (TPSA) is 9.23 Å². The van der Waals surface area contributed by atoms with Crippen LogP contribution in [-0.2, 0) is 4.74 Å². The molecule has 0 aromatic rings. The predicted octanol–water partition coefficient (Wildman–Crippen LogP) is 2.66. The van der Waals surface area contributed by atoms with Crippen LogP contribution in [0.4, 0.5) is 0 Å². The molecule has 0 N–H and O–H groups in total. The molecule has 0 atom stereocenters. The molecular weight excluding hydrogens is 124 g/mol. The summed E-state index contributed by atoms with van der Waals surface area (Å²) in [5.41, 5.74) is 0. The van der Waals surface area contributed by atoms with E-state index in [1.165, 1.54) is 12.8 Å². The first-order chi connectivity index (χ1) is 4.85. The molecule has 1 heteroatoms. The first kappa shape index (κ1) is 9.96. The SMILES string of the molecule is [CH2]CCOCC(CC)CC. The van der Waals surface area contributed by atoms with E-state index in [0.717, 1.165) is 25.6 Å². The molecule has 1 nitrogen and oxygen atoms in total. The quantitative estimate of drug-likeness (QED) is 0.519. The zero-order chi connectivity index (χ0) is 7.82. The van der Waals surface area contributed by atoms with Gasteiger partial charge in [-0.1, -0.05) is 33.6 Å². The van der Waals surface area contributed by atoms with E-state index in [-0.39, 0.29) is 0 Å². The maximum absolute atomic E-state index is 5.36. The molecule has 0 aromatic carbocycles. The van der Waals surface area contributed by atoms with Crippen molar-refractivity contribution in [3.63, 3.8) is 0 Å². The van der Waals surface area contributed by atoms with E-state index in [0.29, 0.717) is 0 Å². The number of hydrogen-bond acceptors (Lipinski definition) is 1. The molecule has 61 valence electrons. The van der Waals surface area contributed by atoms with Gasteiger partial charge in [0.2, 0.25) is 0 Å². The van der Waals surface area contributed by atoms with Crippen LogP contribution in [0, 0.1) is 12.8 Å². The van der Waals surface area contributed by atoms with E-state index >= 15 is 0 Å². The number of rotatable bonds is 6. The molecule has 10 heavy (non-hydrogen) atoms. The molecule has 0 aliphatic carbocycles. The Morgan fingerprint density at radius 3 is 2.30 bits per heavy atom. The highest BCUT2D eigenvalue weighted by Gasteiger charge is 2.01. The molecule has 0 saturated carbocycles. The maximum Gasteiger partial charge on any atom is 0.0494 e. The molecule has 0 saturated heterocycles. The number of hydrogen-bond donors (Lipinski definition) is 0. The molecule has 0 fully saturated rings. The highest BCUT2D eigenvalue weighted by molar-refractivity contribution is 4.51. The Morgan fingerprint density at radius 2 is 1.90 bits per heavy atom. The first-order valence-electron chi connectivity index (χ1n) is 4.22. The van der Waals surface area contributed by atoms with Crippen LogP contribution in [0.25, 0.3) is 0 Å². The van der Waals surface area contributed by atoms with Crippen molar-refractivity contribution in [3.05, 3.63) is 6.92 Å². The second-order valence-electron chi connectivity index (χ2n) is 2.61. The van der Waals surface area contributed by atoms with Crippen molar-refractivity contribution >= 4 is 0 Å². The van der Waals surface area contributed by atoms with Crippen molar-refractivity contribution in [1.82, 2.24) is 0 Å². The van der Waals surface area contributed by atoms with Crippen LogP contribution >= 0.6 is 0 Å². The van der Waals surface area contributed by atoms with Crippen molar-refractivity contribution in [2.75, 3.05) is 13.2 Å². The lowest BCUT2D eigenvalue weighted by molar-refractivity contribution is 0.0998. The van der Waals surface area contributed by atoms with Gasteiger partial charge in [0.1, 0.15) is 0 Å². The predicted molar refractivity (Wildman–Crippen MR) is 44.9 cm³/mol. The third-order valence-corrected chi connectivity index (χ3v) is 1.80. The van der Waals surface area contributed by atoms with Crippen LogP contribution in [0.1, 0.15) is 33.1 Å². The smallest absolute Gasteiger partial charge is 0.0494 e. The van der Waals surface area contributed by atoms with Gasteiger partial charge in [-0.2, -0.15) is 0 Å². The fourth-order valence-corrected chi connectivity index (χ4v) is 0.876. The maximum atomic E-state index is 5.36. The summed E-state index contributed by atoms with van der Waals surface area (Å²) in [4.78, 5) is 0. The van der Waals surface area contributed by atoms with Crippen LogP contribution < -0.4 is 0 Å². The molecule has 0 rings (SSSR count). The van der Waals surface area contributed by atoms with E-state index in [9.17, 15) is 0 Å². The molecule has 0 spiro atoms. The Morgan fingerprint density at radius 1 is 1.30 bits per heavy atom. The molecule has 0 amide bonds. The lowest BCUT2D eigenvalue weighted by Crippen LogP contribution is -2.07. The Balaban J connectivity index is 3.09. The summed E-state index contributed by atoms with van der Waals surface area (Å²) in [6.07, 6.45) is 3.35. The van der Waals surface area contributed by atoms with Gasteiger partial charge < -0.3 is 4.74 Å². The Kier molecular flexibility index (Phi) is 7.04. The molecule has 0 aromatic heterocycles. The third kappa shape index (κ3) is 4.80. The van der Waals surface area contributed by atoms with Crippen molar-refractivity contribution in [2.45, 2.75) is 33.1 Å². The summed E-state index contributed by atoms with van der Waals surface area (Å²) >= 11 is 0. The second kappa shape index (κ2) is 7.07. The van der Waals surface area contributed by atoms with E-state index in [4.69, 9.17) is 4.74 Å². The van der Waals surface area contributed by atoms with Gasteiger partial charge in [0.05, 0.1) is 0 Å². The highest BCUT2D eigenvalue weighted by Crippen LogP contribution is 2.07. The Hall–Kier alpha value is -0.0400. The van der Waals surface area contributed by atoms with E-state index in [1.807, 2.05) is 0 Å². The normalized spacial score (nSPS) is 10.8. The monoisotopic (exact) mass is 143 g/mol. The van der Waals surface area contributed by atoms with Crippen molar-refractivity contribution in [2.24, 2.45) is 5.92 Å². The van der Waals surface area contributed by atoms with Crippen molar-refractivity contribution in [1.29, 1.82) is 0 Å². The zero-order valence-corrected chi connectivity index (χ0v) is 7.23. The summed E-state index contributed by atoms with van der Waals surface area (Å²) < 4.78 is 5.36. The average Bonchev–Trinajstić information content (AvgIpc) is 1.99. The molecule has 1 radical (unpaired) electrons. The highest BCUT2D eigenvalue weighted by atomic mass is 16.5. The minimum atomic E-state index is 0.756. The van der Waals surface area contributed by atoms with Crippen LogP contribution in [0.2, 0.25) is 0 Å². The Bertz CT molecular complexity index is 57.7. The van der Waals surface area contributed by atoms with E-state index in [1.54, 1.807) is 0 Å². The minimum absolute atomic E-state index is 0.756. The second-order valence-corrected chi connectivity index (χ2v) is 2.61. The minimum Gasteiger partial charge on any atom is -0.381 e. The van der Waals surface area contributed by atoms with Gasteiger partial charge in [0.15, 0.2) is 0 Å². The summed E-state index contributed by atoms with van der Waals surface area (Å²) in [7, 11) is 0. The van der Waals surface area contributed by atoms with Crippen molar-refractivity contribution < 1.29 is 4.74 Å². The fourth-order valence-electron chi connectivity index (χ4n) is 0.876. The van der Waals surface area contributed by atoms with Gasteiger partial charge in [-0.3, -0.25) is 0 Å². The van der Waals surface area contributed by atoms with Gasteiger partial charge in [0, 0.05) is 13.2 Å². The summed E-state index contributed by atoms with van der Waals surface area (Å²) in [6.45, 7) is 9.86. The van der Waals surface area contributed by atoms with Crippen LogP contribution in [0.5, 0.6) is 0 Å². The number of ether oxygens (including phenoxy) is 1. The largest absolute Gasteiger partial charge is 0.381 e. The third-order valence-electron chi connectivity index (χ3n) is 1.80. The zero-order valence-electron chi connectivity index (χ0n) is 7.23. The molecule has 0 heterocycles. The molecule has 0 aliphatic rings. The molecule has 0 bridgehead atoms. The van der Waals surface area contributed by atoms with Crippen molar-refractivity contribution in [3.8, 4) is 0 Å². The standard InChI is InChI=1S/C9H19O/c1-4-7-10-8-9(5-2)6-3/h9H,1,4-8H2,2-3H3. The van der Waals surface area contributed by atoms with Gasteiger partial charge in [-0.25, -0.2) is 0 Å². The molecule has 0 aliphatic heterocycles. The first-order valence-corrected chi connectivity index (χ1v) is 4.22. The van der Waals surface area contributed by atoms with Gasteiger partial charge >= 0.3 is 0 Å². The molecular formula is C9H19O. The van der Waals surface area contributed by atoms with E-state index in [2.05, 4.69) is 20.8 Å². The summed E-state index contributed by atoms with van der Waals surface area (Å²) in [5.74, 6) is 0.756. The summed E-state index contributed by atoms with van der Waals surface area (Å²) in [6, 6.07) is 0. The lowest BCUT2D eigenvalue weighted by Gasteiger charge is -2.11. The fraction of sp³-hybridized carbons (Fsp3) is 0.889. The summed E-state index contributed by atoms with van der Waals surface area (Å²) in [5, 5.41) is 0. The lowest BCUT2D eigenvalue weighted by atomic mass is 10.1. The van der Waals surface area contributed by atoms with Crippen LogP contribution in [0.3, 0.4) is 0 Å². The Labute approximate surface area is 64.8 Å². The van der Waals surface area contributed by atoms with Crippen LogP contribution in [-0.4, -0.2) is 13.2 Å². The van der Waals surface area contributed by atoms with Gasteiger partial charge in [-0.15, -0.1) is 0 Å². The van der Waals surface area contributed by atoms with Crippen LogP contribution in [0.15, 0.2) is 0 Å². The molecule has 0 unspecified atom stereocenters. The average molecular weight is 143 g/mol.